The normalized spacial score (nSPS) is 37.8. The second-order valence-electron chi connectivity index (χ2n) is 14.5. The molecule has 1 aromatic rings. The summed E-state index contributed by atoms with van der Waals surface area (Å²) < 4.78 is 0. The van der Waals surface area contributed by atoms with Gasteiger partial charge in [0.15, 0.2) is 0 Å². The van der Waals surface area contributed by atoms with Gasteiger partial charge in [0.1, 0.15) is 0 Å². The van der Waals surface area contributed by atoms with Gasteiger partial charge in [-0.15, -0.1) is 0 Å². The molecule has 5 rings (SSSR count). The molecule has 0 heterocycles. The molecule has 0 bridgehead atoms. The predicted octanol–water partition coefficient (Wildman–Crippen LogP) is 9.17. The lowest BCUT2D eigenvalue weighted by Crippen LogP contribution is -2.52. The lowest BCUT2D eigenvalue weighted by atomic mass is 9.46. The smallest absolute Gasteiger partial charge is 0.253 e. The molecule has 0 spiro atoms. The maximum Gasteiger partial charge on any atom is 0.253 e. The van der Waals surface area contributed by atoms with E-state index in [9.17, 15) is 4.79 Å². The molecule has 204 valence electrons. The van der Waals surface area contributed by atoms with Crippen LogP contribution in [0.3, 0.4) is 0 Å². The zero-order valence-corrected chi connectivity index (χ0v) is 24.6. The predicted molar refractivity (Wildman–Crippen MR) is 155 cm³/mol. The number of benzene rings is 1. The van der Waals surface area contributed by atoms with E-state index in [4.69, 9.17) is 0 Å². The maximum absolute atomic E-state index is 13.2. The Morgan fingerprint density at radius 3 is 2.46 bits per heavy atom. The van der Waals surface area contributed by atoms with E-state index >= 15 is 0 Å². The van der Waals surface area contributed by atoms with Crippen LogP contribution in [0.5, 0.6) is 0 Å². The first-order valence-corrected chi connectivity index (χ1v) is 15.7. The third kappa shape index (κ3) is 4.85. The fourth-order valence-electron chi connectivity index (χ4n) is 9.95. The average molecular weight is 504 g/mol. The molecule has 2 nitrogen and oxygen atoms in total. The quantitative estimate of drug-likeness (QED) is 0.340. The highest BCUT2D eigenvalue weighted by molar-refractivity contribution is 5.94. The summed E-state index contributed by atoms with van der Waals surface area (Å²) in [6.07, 6.45) is 17.4. The van der Waals surface area contributed by atoms with Gasteiger partial charge in [-0.2, -0.15) is 0 Å². The highest BCUT2D eigenvalue weighted by Gasteiger charge is 2.59. The Bertz CT molecular complexity index is 980. The van der Waals surface area contributed by atoms with Crippen LogP contribution in [0.25, 0.3) is 0 Å². The summed E-state index contributed by atoms with van der Waals surface area (Å²) >= 11 is 0. The van der Waals surface area contributed by atoms with Gasteiger partial charge in [0.25, 0.3) is 5.91 Å². The van der Waals surface area contributed by atoms with Gasteiger partial charge in [-0.1, -0.05) is 83.7 Å². The summed E-state index contributed by atoms with van der Waals surface area (Å²) in [5.41, 5.74) is 3.40. The van der Waals surface area contributed by atoms with Crippen LogP contribution in [0, 0.1) is 46.3 Å². The van der Waals surface area contributed by atoms with Gasteiger partial charge in [0, 0.05) is 18.7 Å². The van der Waals surface area contributed by atoms with Gasteiger partial charge < -0.3 is 4.90 Å². The Balaban J connectivity index is 1.28. The zero-order chi connectivity index (χ0) is 26.4. The van der Waals surface area contributed by atoms with Crippen LogP contribution >= 0.6 is 0 Å². The second kappa shape index (κ2) is 10.5. The van der Waals surface area contributed by atoms with Crippen molar-refractivity contribution in [1.29, 1.82) is 0 Å². The summed E-state index contributed by atoms with van der Waals surface area (Å²) in [5, 5.41) is 0. The second-order valence-corrected chi connectivity index (χ2v) is 14.5. The van der Waals surface area contributed by atoms with E-state index in [-0.39, 0.29) is 5.91 Å². The Hall–Kier alpha value is -1.57. The van der Waals surface area contributed by atoms with E-state index < -0.39 is 0 Å². The molecular formula is C35H53NO. The molecule has 0 aliphatic heterocycles. The van der Waals surface area contributed by atoms with Crippen molar-refractivity contribution in [1.82, 2.24) is 4.90 Å². The molecule has 1 aromatic carbocycles. The minimum Gasteiger partial charge on any atom is -0.338 e. The Labute approximate surface area is 227 Å². The van der Waals surface area contributed by atoms with E-state index in [1.807, 2.05) is 42.3 Å². The molecule has 3 unspecified atom stereocenters. The van der Waals surface area contributed by atoms with Crippen molar-refractivity contribution in [2.75, 3.05) is 7.05 Å². The van der Waals surface area contributed by atoms with Crippen LogP contribution in [0.1, 0.15) is 116 Å². The van der Waals surface area contributed by atoms with Crippen molar-refractivity contribution in [3.05, 3.63) is 47.5 Å². The van der Waals surface area contributed by atoms with Crippen molar-refractivity contribution in [3.63, 3.8) is 0 Å². The van der Waals surface area contributed by atoms with Crippen LogP contribution in [-0.2, 0) is 0 Å². The topological polar surface area (TPSA) is 20.3 Å². The Morgan fingerprint density at radius 1 is 0.973 bits per heavy atom. The number of allylic oxidation sites excluding steroid dienone is 1. The number of hydrogen-bond donors (Lipinski definition) is 0. The number of fused-ring (bicyclic) bond motifs is 5. The fourth-order valence-corrected chi connectivity index (χ4v) is 9.95. The number of amides is 1. The summed E-state index contributed by atoms with van der Waals surface area (Å²) in [4.78, 5) is 15.2. The highest BCUT2D eigenvalue weighted by Crippen LogP contribution is 2.67. The minimum absolute atomic E-state index is 0.177. The minimum atomic E-state index is 0.177. The van der Waals surface area contributed by atoms with Crippen molar-refractivity contribution >= 4 is 5.91 Å². The number of carbonyl (C=O) groups excluding carboxylic acids is 1. The highest BCUT2D eigenvalue weighted by atomic mass is 16.2. The summed E-state index contributed by atoms with van der Waals surface area (Å²) in [6, 6.07) is 10.2. The van der Waals surface area contributed by atoms with Crippen molar-refractivity contribution in [2.24, 2.45) is 46.3 Å². The monoisotopic (exact) mass is 503 g/mol. The van der Waals surface area contributed by atoms with E-state index in [1.165, 1.54) is 57.8 Å². The molecule has 4 aliphatic carbocycles. The first-order valence-electron chi connectivity index (χ1n) is 15.7. The molecule has 0 aromatic heterocycles. The maximum atomic E-state index is 13.2. The van der Waals surface area contributed by atoms with E-state index in [2.05, 4.69) is 40.7 Å². The average Bonchev–Trinajstić information content (AvgIpc) is 3.25. The Morgan fingerprint density at radius 2 is 1.73 bits per heavy atom. The summed E-state index contributed by atoms with van der Waals surface area (Å²) in [7, 11) is 2.03. The number of carbonyl (C=O) groups is 1. The summed E-state index contributed by atoms with van der Waals surface area (Å²) in [5.74, 6) is 5.46. The standard InChI is InChI=1S/C35H53NO/c1-24(2)11-10-12-25(3)30-17-18-31-29-16-15-27-23-28(36(6)33(37)26-13-8-7-9-14-26)19-21-34(27,4)32(29)20-22-35(30,31)5/h7-9,13-15,24-25,28-32H,10-12,16-23H2,1-6H3/t25-,28-,29?,30-,31?,32?,34+,35-/m1/s1. The molecule has 0 N–H and O–H groups in total. The van der Waals surface area contributed by atoms with E-state index in [0.717, 1.165) is 53.9 Å². The molecule has 37 heavy (non-hydrogen) atoms. The summed E-state index contributed by atoms with van der Waals surface area (Å²) in [6.45, 7) is 12.6. The molecule has 1 amide bonds. The first kappa shape index (κ1) is 27.0. The number of hydrogen-bond acceptors (Lipinski definition) is 1. The number of rotatable bonds is 7. The molecule has 0 radical (unpaired) electrons. The Kier molecular flexibility index (Phi) is 7.69. The van der Waals surface area contributed by atoms with Crippen molar-refractivity contribution < 1.29 is 4.79 Å². The van der Waals surface area contributed by atoms with Gasteiger partial charge >= 0.3 is 0 Å². The molecule has 2 heteroatoms. The molecule has 8 atom stereocenters. The molecule has 3 fully saturated rings. The van der Waals surface area contributed by atoms with Crippen LogP contribution in [-0.4, -0.2) is 23.9 Å². The molecule has 0 saturated heterocycles. The zero-order valence-electron chi connectivity index (χ0n) is 24.6. The van der Waals surface area contributed by atoms with Crippen LogP contribution in [0.4, 0.5) is 0 Å². The molecule has 3 saturated carbocycles. The van der Waals surface area contributed by atoms with Gasteiger partial charge in [0.05, 0.1) is 0 Å². The molecule has 4 aliphatic rings. The van der Waals surface area contributed by atoms with Crippen molar-refractivity contribution in [3.8, 4) is 0 Å². The lowest BCUT2D eigenvalue weighted by Gasteiger charge is -2.59. The SMILES string of the molecule is CC(C)CCC[C@@H](C)[C@H]1CCC2C3CC=C4C[C@H](N(C)C(=O)c5ccccc5)CC[C@]4(C)C3CC[C@@]21C. The molecular weight excluding hydrogens is 450 g/mol. The number of nitrogens with zero attached hydrogens (tertiary/aromatic N) is 1. The largest absolute Gasteiger partial charge is 0.338 e. The van der Waals surface area contributed by atoms with E-state index in [0.29, 0.717) is 16.9 Å². The van der Waals surface area contributed by atoms with E-state index in [1.54, 1.807) is 5.57 Å². The van der Waals surface area contributed by atoms with Crippen LogP contribution < -0.4 is 0 Å². The fraction of sp³-hybridized carbons (Fsp3) is 0.743. The van der Waals surface area contributed by atoms with Crippen molar-refractivity contribution in [2.45, 2.75) is 111 Å². The van der Waals surface area contributed by atoms with Crippen LogP contribution in [0.2, 0.25) is 0 Å². The van der Waals surface area contributed by atoms with Gasteiger partial charge in [-0.05, 0) is 110 Å². The first-order chi connectivity index (χ1) is 17.6. The third-order valence-corrected chi connectivity index (χ3v) is 12.2. The third-order valence-electron chi connectivity index (χ3n) is 12.2. The van der Waals surface area contributed by atoms with Gasteiger partial charge in [0.2, 0.25) is 0 Å². The lowest BCUT2D eigenvalue weighted by molar-refractivity contribution is -0.0534. The van der Waals surface area contributed by atoms with Crippen LogP contribution in [0.15, 0.2) is 42.0 Å². The van der Waals surface area contributed by atoms with Gasteiger partial charge in [-0.25, -0.2) is 0 Å². The van der Waals surface area contributed by atoms with Gasteiger partial charge in [-0.3, -0.25) is 4.79 Å².